The predicted octanol–water partition coefficient (Wildman–Crippen LogP) is 2.75. The van der Waals surface area contributed by atoms with Crippen LogP contribution < -0.4 is 4.90 Å². The molecule has 2 saturated heterocycles. The van der Waals surface area contributed by atoms with Crippen LogP contribution in [0.15, 0.2) is 24.3 Å². The Hall–Kier alpha value is -3.03. The lowest BCUT2D eigenvalue weighted by molar-refractivity contribution is 0.0711. The summed E-state index contributed by atoms with van der Waals surface area (Å²) in [6, 6.07) is 6.24. The number of hydrogen-bond acceptors (Lipinski definition) is 6. The Morgan fingerprint density at radius 2 is 1.83 bits per heavy atom. The van der Waals surface area contributed by atoms with Crippen molar-refractivity contribution in [3.8, 4) is 5.75 Å². The first-order chi connectivity index (χ1) is 14.1. The summed E-state index contributed by atoms with van der Waals surface area (Å²) in [6.45, 7) is 3.08. The maximum Gasteiger partial charge on any atom is 0.253 e. The van der Waals surface area contributed by atoms with Crippen LogP contribution in [0.1, 0.15) is 58.0 Å². The van der Waals surface area contributed by atoms with Gasteiger partial charge in [0.1, 0.15) is 0 Å². The van der Waals surface area contributed by atoms with E-state index in [2.05, 4.69) is 15.1 Å². The quantitative estimate of drug-likeness (QED) is 0.797. The highest BCUT2D eigenvalue weighted by Crippen LogP contribution is 2.29. The van der Waals surface area contributed by atoms with Crippen molar-refractivity contribution in [2.45, 2.75) is 31.6 Å². The van der Waals surface area contributed by atoms with Crippen LogP contribution in [0.5, 0.6) is 5.75 Å². The Morgan fingerprint density at radius 3 is 2.45 bits per heavy atom. The van der Waals surface area contributed by atoms with E-state index in [9.17, 15) is 19.1 Å². The smallest absolute Gasteiger partial charge is 0.253 e. The average Bonchev–Trinajstić information content (AvgIpc) is 3.30. The topological polar surface area (TPSA) is 86.6 Å². The van der Waals surface area contributed by atoms with Gasteiger partial charge in [-0.25, -0.2) is 4.39 Å². The second kappa shape index (κ2) is 8.14. The Morgan fingerprint density at radius 1 is 1.10 bits per heavy atom. The van der Waals surface area contributed by atoms with Gasteiger partial charge in [-0.15, -0.1) is 5.10 Å². The number of nitrogens with zero attached hydrogens (tertiary/aromatic N) is 4. The molecule has 152 valence electrons. The largest absolute Gasteiger partial charge is 0.504 e. The molecule has 0 unspecified atom stereocenters. The first kappa shape index (κ1) is 19.3. The van der Waals surface area contributed by atoms with Gasteiger partial charge in [-0.2, -0.15) is 5.10 Å². The minimum Gasteiger partial charge on any atom is -0.504 e. The number of piperidine rings is 1. The van der Waals surface area contributed by atoms with Gasteiger partial charge in [0, 0.05) is 37.7 Å². The first-order valence-electron chi connectivity index (χ1n) is 9.92. The minimum absolute atomic E-state index is 0.0654. The molecule has 4 rings (SSSR count). The number of aromatic nitrogens is 2. The van der Waals surface area contributed by atoms with E-state index in [-0.39, 0.29) is 23.0 Å². The summed E-state index contributed by atoms with van der Waals surface area (Å²) >= 11 is 0. The number of likely N-dealkylation sites (tertiary alicyclic amines) is 1. The number of phenols is 1. The molecule has 0 saturated carbocycles. The molecule has 2 fully saturated rings. The molecule has 1 amide bonds. The molecule has 2 aliphatic rings. The third-order valence-corrected chi connectivity index (χ3v) is 5.77. The van der Waals surface area contributed by atoms with Crippen molar-refractivity contribution in [3.63, 3.8) is 0 Å². The lowest BCUT2D eigenvalue weighted by Crippen LogP contribution is -2.38. The van der Waals surface area contributed by atoms with Crippen molar-refractivity contribution in [2.75, 3.05) is 31.1 Å². The molecule has 7 nitrogen and oxygen atoms in total. The molecule has 8 heteroatoms. The molecule has 0 atom stereocenters. The van der Waals surface area contributed by atoms with Gasteiger partial charge >= 0.3 is 0 Å². The first-order valence-corrected chi connectivity index (χ1v) is 9.92. The van der Waals surface area contributed by atoms with E-state index < -0.39 is 11.6 Å². The number of aldehydes is 1. The van der Waals surface area contributed by atoms with Crippen LogP contribution in [0.25, 0.3) is 0 Å². The number of anilines is 1. The fourth-order valence-electron chi connectivity index (χ4n) is 4.06. The summed E-state index contributed by atoms with van der Waals surface area (Å²) < 4.78 is 13.8. The Bertz CT molecular complexity index is 905. The normalized spacial score (nSPS) is 17.6. The number of rotatable bonds is 4. The van der Waals surface area contributed by atoms with E-state index in [0.29, 0.717) is 19.4 Å². The number of carbonyl (C=O) groups is 2. The highest BCUT2D eigenvalue weighted by Gasteiger charge is 2.27. The molecule has 1 aromatic heterocycles. The maximum absolute atomic E-state index is 13.8. The van der Waals surface area contributed by atoms with Gasteiger partial charge in [0.05, 0.1) is 11.3 Å². The third kappa shape index (κ3) is 3.92. The third-order valence-electron chi connectivity index (χ3n) is 5.77. The summed E-state index contributed by atoms with van der Waals surface area (Å²) in [5, 5.41) is 18.3. The van der Waals surface area contributed by atoms with E-state index in [1.807, 2.05) is 12.1 Å². The van der Waals surface area contributed by atoms with Gasteiger partial charge in [0.15, 0.2) is 23.7 Å². The second-order valence-electron chi connectivity index (χ2n) is 7.59. The highest BCUT2D eigenvalue weighted by molar-refractivity contribution is 5.96. The molecule has 0 bridgehead atoms. The van der Waals surface area contributed by atoms with Crippen LogP contribution >= 0.6 is 0 Å². The molecule has 2 aliphatic heterocycles. The Kier molecular flexibility index (Phi) is 5.42. The number of aromatic hydroxyl groups is 1. The average molecular weight is 398 g/mol. The molecule has 29 heavy (non-hydrogen) atoms. The SMILES string of the molecule is O=Cc1cc(C(=O)N2CCC(c3ccc(N4CCCC4)nn3)CC2)cc(F)c1O. The molecule has 1 aromatic carbocycles. The molecule has 0 aliphatic carbocycles. The number of halogens is 1. The number of phenolic OH excluding ortho intramolecular Hbond substituents is 1. The molecule has 0 spiro atoms. The second-order valence-corrected chi connectivity index (χ2v) is 7.59. The highest BCUT2D eigenvalue weighted by atomic mass is 19.1. The number of amides is 1. The number of benzene rings is 1. The zero-order chi connectivity index (χ0) is 20.4. The predicted molar refractivity (Wildman–Crippen MR) is 105 cm³/mol. The van der Waals surface area contributed by atoms with Crippen LogP contribution in [-0.2, 0) is 0 Å². The van der Waals surface area contributed by atoms with Crippen molar-refractivity contribution in [3.05, 3.63) is 46.9 Å². The van der Waals surface area contributed by atoms with Gasteiger partial charge in [0.25, 0.3) is 5.91 Å². The van der Waals surface area contributed by atoms with Crippen molar-refractivity contribution in [2.24, 2.45) is 0 Å². The zero-order valence-electron chi connectivity index (χ0n) is 16.1. The van der Waals surface area contributed by atoms with E-state index in [1.165, 1.54) is 18.9 Å². The summed E-state index contributed by atoms with van der Waals surface area (Å²) in [5.41, 5.74) is 0.770. The lowest BCUT2D eigenvalue weighted by atomic mass is 9.93. The summed E-state index contributed by atoms with van der Waals surface area (Å²) in [6.07, 6.45) is 4.20. The maximum atomic E-state index is 13.8. The summed E-state index contributed by atoms with van der Waals surface area (Å²) in [5.74, 6) is -0.909. The van der Waals surface area contributed by atoms with Crippen LogP contribution in [0.3, 0.4) is 0 Å². The van der Waals surface area contributed by atoms with Gasteiger partial charge in [0.2, 0.25) is 0 Å². The van der Waals surface area contributed by atoms with Gasteiger partial charge in [-0.1, -0.05) is 0 Å². The Labute approximate surface area is 168 Å². The van der Waals surface area contributed by atoms with E-state index in [0.717, 1.165) is 43.5 Å². The molecule has 0 radical (unpaired) electrons. The van der Waals surface area contributed by atoms with Crippen molar-refractivity contribution < 1.29 is 19.1 Å². The van der Waals surface area contributed by atoms with Crippen molar-refractivity contribution in [1.29, 1.82) is 0 Å². The molecule has 1 N–H and O–H groups in total. The van der Waals surface area contributed by atoms with Crippen LogP contribution in [0.4, 0.5) is 10.2 Å². The Balaban J connectivity index is 1.39. The van der Waals surface area contributed by atoms with E-state index >= 15 is 0 Å². The molecular weight excluding hydrogens is 375 g/mol. The van der Waals surface area contributed by atoms with E-state index in [4.69, 9.17) is 0 Å². The molecule has 2 aromatic rings. The van der Waals surface area contributed by atoms with Crippen LogP contribution in [-0.4, -0.2) is 58.6 Å². The zero-order valence-corrected chi connectivity index (χ0v) is 16.1. The van der Waals surface area contributed by atoms with Crippen LogP contribution in [0.2, 0.25) is 0 Å². The fraction of sp³-hybridized carbons (Fsp3) is 0.429. The number of carbonyl (C=O) groups excluding carboxylic acids is 2. The van der Waals surface area contributed by atoms with Gasteiger partial charge in [-0.3, -0.25) is 9.59 Å². The molecule has 3 heterocycles. The molecular formula is C21H23FN4O3. The minimum atomic E-state index is -0.971. The lowest BCUT2D eigenvalue weighted by Gasteiger charge is -2.31. The standard InChI is InChI=1S/C21H23FN4O3/c22-17-12-15(11-16(13-27)20(17)28)21(29)26-9-5-14(6-10-26)18-3-4-19(24-23-18)25-7-1-2-8-25/h3-4,11-14,28H,1-2,5-10H2. The summed E-state index contributed by atoms with van der Waals surface area (Å²) in [7, 11) is 0. The van der Waals surface area contributed by atoms with Gasteiger partial charge in [-0.05, 0) is 49.9 Å². The van der Waals surface area contributed by atoms with Gasteiger partial charge < -0.3 is 14.9 Å². The number of hydrogen-bond donors (Lipinski definition) is 1. The van der Waals surface area contributed by atoms with Crippen molar-refractivity contribution >= 4 is 18.0 Å². The van der Waals surface area contributed by atoms with E-state index in [1.54, 1.807) is 4.90 Å². The van der Waals surface area contributed by atoms with Crippen molar-refractivity contribution in [1.82, 2.24) is 15.1 Å². The fourth-order valence-corrected chi connectivity index (χ4v) is 4.06. The van der Waals surface area contributed by atoms with Crippen LogP contribution in [0, 0.1) is 5.82 Å². The summed E-state index contributed by atoms with van der Waals surface area (Å²) in [4.78, 5) is 27.5. The monoisotopic (exact) mass is 398 g/mol.